The Morgan fingerprint density at radius 3 is 2.05 bits per heavy atom. The maximum Gasteiger partial charge on any atom is 0.501 e. The predicted molar refractivity (Wildman–Crippen MR) is 71.2 cm³/mol. The first kappa shape index (κ1) is 18.1. The van der Waals surface area contributed by atoms with E-state index in [2.05, 4.69) is 0 Å². The summed E-state index contributed by atoms with van der Waals surface area (Å²) in [7, 11) is -2.64. The molecule has 0 aromatic rings. The molecule has 0 aromatic carbocycles. The molecule has 7 heteroatoms. The van der Waals surface area contributed by atoms with Crippen molar-refractivity contribution < 1.29 is 22.8 Å². The molecule has 19 heavy (non-hydrogen) atoms. The third kappa shape index (κ3) is 7.95. The molecule has 0 N–H and O–H groups in total. The van der Waals surface area contributed by atoms with Gasteiger partial charge >= 0.3 is 14.8 Å². The molecule has 0 atom stereocenters. The molecule has 0 radical (unpaired) electrons. The van der Waals surface area contributed by atoms with Crippen LogP contribution in [0.1, 0.15) is 33.6 Å². The lowest BCUT2D eigenvalue weighted by molar-refractivity contribution is -0.142. The Balaban J connectivity index is 4.17. The van der Waals surface area contributed by atoms with Crippen LogP contribution in [0.25, 0.3) is 0 Å². The number of nitriles is 1. The molecule has 0 unspecified atom stereocenters. The minimum Gasteiger partial charge on any atom is -0.465 e. The summed E-state index contributed by atoms with van der Waals surface area (Å²) in [6, 6.07) is 2.35. The van der Waals surface area contributed by atoms with E-state index >= 15 is 0 Å². The molecule has 0 aliphatic rings. The standard InChI is InChI=1S/C12H23NO5Si/c1-4-16-19(17-5-2,18-6-3)11-7-10-15-12(14)8-9-13/h4-8,10-11H2,1-3H3. The summed E-state index contributed by atoms with van der Waals surface area (Å²) < 4.78 is 21.9. The number of nitrogens with zero attached hydrogens (tertiary/aromatic N) is 1. The van der Waals surface area contributed by atoms with Gasteiger partial charge in [0.2, 0.25) is 0 Å². The Kier molecular flexibility index (Phi) is 10.4. The minimum atomic E-state index is -2.64. The SMILES string of the molecule is CCO[Si](CCCOC(=O)CC#N)(OCC)OCC. The number of carbonyl (C=O) groups excluding carboxylic acids is 1. The third-order valence-corrected chi connectivity index (χ3v) is 5.36. The van der Waals surface area contributed by atoms with E-state index < -0.39 is 14.8 Å². The number of esters is 1. The molecule has 0 bridgehead atoms. The number of hydrogen-bond donors (Lipinski definition) is 0. The van der Waals surface area contributed by atoms with Crippen LogP contribution in [0, 0.1) is 11.3 Å². The number of rotatable bonds is 11. The summed E-state index contributed by atoms with van der Waals surface area (Å²) in [5, 5.41) is 8.33. The lowest BCUT2D eigenvalue weighted by atomic mass is 10.5. The Bertz CT molecular complexity index is 275. The van der Waals surface area contributed by atoms with Gasteiger partial charge in [-0.2, -0.15) is 5.26 Å². The van der Waals surface area contributed by atoms with Crippen LogP contribution in [-0.4, -0.2) is 41.2 Å². The van der Waals surface area contributed by atoms with Gasteiger partial charge in [-0.3, -0.25) is 4.79 Å². The van der Waals surface area contributed by atoms with Crippen LogP contribution >= 0.6 is 0 Å². The normalized spacial score (nSPS) is 11.1. The molecule has 0 rings (SSSR count). The summed E-state index contributed by atoms with van der Waals surface area (Å²) in [6.45, 7) is 7.52. The van der Waals surface area contributed by atoms with E-state index in [0.29, 0.717) is 32.3 Å². The average Bonchev–Trinajstić information content (AvgIpc) is 2.36. The smallest absolute Gasteiger partial charge is 0.465 e. The average molecular weight is 289 g/mol. The van der Waals surface area contributed by atoms with Gasteiger partial charge in [0.25, 0.3) is 0 Å². The van der Waals surface area contributed by atoms with E-state index in [1.165, 1.54) is 0 Å². The van der Waals surface area contributed by atoms with Crippen LogP contribution in [0.5, 0.6) is 0 Å². The zero-order valence-corrected chi connectivity index (χ0v) is 12.9. The fraction of sp³-hybridized carbons (Fsp3) is 0.833. The highest BCUT2D eigenvalue weighted by Crippen LogP contribution is 2.18. The Hall–Kier alpha value is -0.943. The summed E-state index contributed by atoms with van der Waals surface area (Å²) in [5.74, 6) is -0.501. The second kappa shape index (κ2) is 10.9. The molecule has 110 valence electrons. The lowest BCUT2D eigenvalue weighted by Gasteiger charge is -2.28. The topological polar surface area (TPSA) is 77.8 Å². The first-order valence-electron chi connectivity index (χ1n) is 6.58. The van der Waals surface area contributed by atoms with Gasteiger partial charge in [0, 0.05) is 25.9 Å². The van der Waals surface area contributed by atoms with Crippen LogP contribution in [-0.2, 0) is 22.8 Å². The number of ether oxygens (including phenoxy) is 1. The monoisotopic (exact) mass is 289 g/mol. The van der Waals surface area contributed by atoms with Gasteiger partial charge in [-0.25, -0.2) is 0 Å². The highest BCUT2D eigenvalue weighted by atomic mass is 28.4. The summed E-state index contributed by atoms with van der Waals surface area (Å²) >= 11 is 0. The quantitative estimate of drug-likeness (QED) is 0.328. The minimum absolute atomic E-state index is 0.217. The second-order valence-electron chi connectivity index (χ2n) is 3.64. The van der Waals surface area contributed by atoms with Gasteiger partial charge in [-0.15, -0.1) is 0 Å². The first-order valence-corrected chi connectivity index (χ1v) is 8.51. The van der Waals surface area contributed by atoms with Crippen LogP contribution in [0.4, 0.5) is 0 Å². The molecule has 6 nitrogen and oxygen atoms in total. The lowest BCUT2D eigenvalue weighted by Crippen LogP contribution is -2.46. The molecular formula is C12H23NO5Si. The van der Waals surface area contributed by atoms with E-state index in [1.54, 1.807) is 6.07 Å². The van der Waals surface area contributed by atoms with Gasteiger partial charge in [-0.1, -0.05) is 0 Å². The molecule has 0 aliphatic heterocycles. The predicted octanol–water partition coefficient (Wildman–Crippen LogP) is 1.88. The molecule has 0 amide bonds. The van der Waals surface area contributed by atoms with Crippen molar-refractivity contribution in [3.63, 3.8) is 0 Å². The summed E-state index contributed by atoms with van der Waals surface area (Å²) in [6.07, 6.45) is 0.383. The second-order valence-corrected chi connectivity index (χ2v) is 6.37. The summed E-state index contributed by atoms with van der Waals surface area (Å²) in [5.41, 5.74) is 0. The molecule has 0 saturated heterocycles. The molecule has 0 aliphatic carbocycles. The molecule has 0 heterocycles. The Morgan fingerprint density at radius 2 is 1.63 bits per heavy atom. The molecule has 0 saturated carbocycles. The van der Waals surface area contributed by atoms with Crippen LogP contribution in [0.2, 0.25) is 6.04 Å². The van der Waals surface area contributed by atoms with Crippen molar-refractivity contribution in [2.45, 2.75) is 39.7 Å². The van der Waals surface area contributed by atoms with Crippen molar-refractivity contribution in [3.05, 3.63) is 0 Å². The fourth-order valence-electron chi connectivity index (χ4n) is 1.59. The highest BCUT2D eigenvalue weighted by molar-refractivity contribution is 6.60. The van der Waals surface area contributed by atoms with Crippen molar-refractivity contribution in [2.24, 2.45) is 0 Å². The van der Waals surface area contributed by atoms with Crippen molar-refractivity contribution >= 4 is 14.8 Å². The van der Waals surface area contributed by atoms with E-state index in [4.69, 9.17) is 23.3 Å². The van der Waals surface area contributed by atoms with Gasteiger partial charge in [0.1, 0.15) is 6.42 Å². The zero-order chi connectivity index (χ0) is 14.6. The number of carbonyl (C=O) groups is 1. The van der Waals surface area contributed by atoms with Crippen molar-refractivity contribution in [1.82, 2.24) is 0 Å². The molecular weight excluding hydrogens is 266 g/mol. The van der Waals surface area contributed by atoms with Crippen molar-refractivity contribution in [1.29, 1.82) is 5.26 Å². The summed E-state index contributed by atoms with van der Waals surface area (Å²) in [4.78, 5) is 11.0. The zero-order valence-electron chi connectivity index (χ0n) is 11.9. The molecule has 0 spiro atoms. The van der Waals surface area contributed by atoms with Crippen LogP contribution in [0.15, 0.2) is 0 Å². The third-order valence-electron chi connectivity index (χ3n) is 2.21. The van der Waals surface area contributed by atoms with E-state index in [9.17, 15) is 4.79 Å². The van der Waals surface area contributed by atoms with Crippen LogP contribution < -0.4 is 0 Å². The maximum atomic E-state index is 11.0. The van der Waals surface area contributed by atoms with Gasteiger partial charge < -0.3 is 18.0 Å². The molecule has 0 fully saturated rings. The Labute approximate surface area is 116 Å². The Morgan fingerprint density at radius 1 is 1.11 bits per heavy atom. The van der Waals surface area contributed by atoms with Crippen molar-refractivity contribution in [2.75, 3.05) is 26.4 Å². The van der Waals surface area contributed by atoms with Gasteiger partial charge in [0.05, 0.1) is 12.7 Å². The first-order chi connectivity index (χ1) is 9.14. The van der Waals surface area contributed by atoms with Gasteiger partial charge in [0.15, 0.2) is 0 Å². The number of hydrogen-bond acceptors (Lipinski definition) is 6. The van der Waals surface area contributed by atoms with Gasteiger partial charge in [-0.05, 0) is 27.2 Å². The van der Waals surface area contributed by atoms with Crippen molar-refractivity contribution in [3.8, 4) is 6.07 Å². The maximum absolute atomic E-state index is 11.0. The van der Waals surface area contributed by atoms with E-state index in [-0.39, 0.29) is 13.0 Å². The van der Waals surface area contributed by atoms with E-state index in [1.807, 2.05) is 20.8 Å². The molecule has 0 aromatic heterocycles. The largest absolute Gasteiger partial charge is 0.501 e. The van der Waals surface area contributed by atoms with Crippen LogP contribution in [0.3, 0.4) is 0 Å². The fourth-order valence-corrected chi connectivity index (χ4v) is 4.17. The highest BCUT2D eigenvalue weighted by Gasteiger charge is 2.39. The van der Waals surface area contributed by atoms with E-state index in [0.717, 1.165) is 0 Å².